The van der Waals surface area contributed by atoms with Gasteiger partial charge in [0, 0.05) is 36.6 Å². The van der Waals surface area contributed by atoms with Crippen molar-refractivity contribution in [3.63, 3.8) is 0 Å². The number of carbonyl (C=O) groups excluding carboxylic acids is 1. The Morgan fingerprint density at radius 1 is 1.04 bits per heavy atom. The maximum atomic E-state index is 12.2. The third-order valence-electron chi connectivity index (χ3n) is 4.16. The maximum Gasteiger partial charge on any atom is 0.242 e. The van der Waals surface area contributed by atoms with E-state index in [1.54, 1.807) is 12.1 Å². The summed E-state index contributed by atoms with van der Waals surface area (Å²) < 4.78 is 26.8. The Bertz CT molecular complexity index is 1050. The Kier molecular flexibility index (Phi) is 6.15. The van der Waals surface area contributed by atoms with Crippen molar-refractivity contribution in [3.05, 3.63) is 65.3 Å². The first kappa shape index (κ1) is 19.4. The molecule has 0 fully saturated rings. The molecule has 0 aliphatic carbocycles. The van der Waals surface area contributed by atoms with Crippen molar-refractivity contribution in [1.82, 2.24) is 15.0 Å². The molecule has 0 spiro atoms. The number of benzene rings is 2. The van der Waals surface area contributed by atoms with E-state index in [0.717, 1.165) is 16.5 Å². The van der Waals surface area contributed by atoms with Crippen LogP contribution in [0.2, 0.25) is 5.02 Å². The van der Waals surface area contributed by atoms with Crippen molar-refractivity contribution >= 4 is 38.4 Å². The minimum atomic E-state index is -3.73. The van der Waals surface area contributed by atoms with E-state index in [9.17, 15) is 13.2 Å². The van der Waals surface area contributed by atoms with Crippen molar-refractivity contribution < 1.29 is 13.2 Å². The fourth-order valence-electron chi connectivity index (χ4n) is 2.80. The number of nitrogens with one attached hydrogen (secondary N) is 3. The van der Waals surface area contributed by atoms with Crippen LogP contribution in [0.25, 0.3) is 10.9 Å². The van der Waals surface area contributed by atoms with Gasteiger partial charge < -0.3 is 10.3 Å². The fourth-order valence-corrected chi connectivity index (χ4v) is 4.35. The van der Waals surface area contributed by atoms with Crippen LogP contribution in [0.15, 0.2) is 59.6 Å². The van der Waals surface area contributed by atoms with Gasteiger partial charge >= 0.3 is 0 Å². The zero-order valence-corrected chi connectivity index (χ0v) is 16.1. The van der Waals surface area contributed by atoms with Gasteiger partial charge in [0.1, 0.15) is 4.90 Å². The third kappa shape index (κ3) is 4.88. The van der Waals surface area contributed by atoms with Gasteiger partial charge in [0.2, 0.25) is 15.9 Å². The lowest BCUT2D eigenvalue weighted by Crippen LogP contribution is -2.31. The molecule has 0 aliphatic heterocycles. The Morgan fingerprint density at radius 3 is 2.59 bits per heavy atom. The number of aromatic amines is 1. The van der Waals surface area contributed by atoms with E-state index in [1.807, 2.05) is 30.5 Å². The zero-order valence-electron chi connectivity index (χ0n) is 14.5. The van der Waals surface area contributed by atoms with E-state index >= 15 is 0 Å². The van der Waals surface area contributed by atoms with Gasteiger partial charge in [-0.25, -0.2) is 13.1 Å². The first-order valence-electron chi connectivity index (χ1n) is 8.53. The summed E-state index contributed by atoms with van der Waals surface area (Å²) in [5.74, 6) is -0.211. The summed E-state index contributed by atoms with van der Waals surface area (Å²) >= 11 is 5.91. The smallest absolute Gasteiger partial charge is 0.242 e. The maximum absolute atomic E-state index is 12.2. The van der Waals surface area contributed by atoms with Crippen molar-refractivity contribution in [2.24, 2.45) is 0 Å². The predicted molar refractivity (Wildman–Crippen MR) is 106 cm³/mol. The highest BCUT2D eigenvalue weighted by Gasteiger charge is 2.17. The minimum Gasteiger partial charge on any atom is -0.361 e. The quantitative estimate of drug-likeness (QED) is 0.538. The fraction of sp³-hybridized carbons (Fsp3) is 0.211. The molecule has 0 saturated carbocycles. The predicted octanol–water partition coefficient (Wildman–Crippen LogP) is 2.85. The van der Waals surface area contributed by atoms with Gasteiger partial charge in [0.25, 0.3) is 0 Å². The molecule has 6 nitrogen and oxygen atoms in total. The molecular weight excluding hydrogens is 386 g/mol. The molecule has 0 unspecified atom stereocenters. The van der Waals surface area contributed by atoms with E-state index in [2.05, 4.69) is 15.0 Å². The number of para-hydroxylation sites is 1. The van der Waals surface area contributed by atoms with Crippen molar-refractivity contribution in [3.8, 4) is 0 Å². The molecule has 0 aliphatic rings. The number of fused-ring (bicyclic) bond motifs is 1. The highest BCUT2D eigenvalue weighted by atomic mass is 35.5. The number of hydrogen-bond donors (Lipinski definition) is 3. The molecule has 8 heteroatoms. The van der Waals surface area contributed by atoms with Gasteiger partial charge in [-0.3, -0.25) is 4.79 Å². The van der Waals surface area contributed by atoms with E-state index in [4.69, 9.17) is 11.6 Å². The van der Waals surface area contributed by atoms with Crippen LogP contribution in [0.5, 0.6) is 0 Å². The number of carbonyl (C=O) groups is 1. The molecular formula is C19H20ClN3O3S. The molecule has 1 amide bonds. The zero-order chi connectivity index (χ0) is 19.3. The van der Waals surface area contributed by atoms with Crippen LogP contribution in [0.3, 0.4) is 0 Å². The number of sulfonamides is 1. The largest absolute Gasteiger partial charge is 0.361 e. The lowest BCUT2D eigenvalue weighted by atomic mass is 10.1. The van der Waals surface area contributed by atoms with E-state index < -0.39 is 10.0 Å². The summed E-state index contributed by atoms with van der Waals surface area (Å²) in [5.41, 5.74) is 2.19. The van der Waals surface area contributed by atoms with Crippen molar-refractivity contribution in [2.45, 2.75) is 17.7 Å². The molecule has 2 aromatic carbocycles. The first-order chi connectivity index (χ1) is 13.0. The third-order valence-corrected chi connectivity index (χ3v) is 6.12. The van der Waals surface area contributed by atoms with Crippen LogP contribution in [0.1, 0.15) is 12.0 Å². The number of halogens is 1. The van der Waals surface area contributed by atoms with Crippen LogP contribution in [0, 0.1) is 0 Å². The van der Waals surface area contributed by atoms with Crippen LogP contribution in [-0.4, -0.2) is 32.4 Å². The Hall–Kier alpha value is -2.35. The summed E-state index contributed by atoms with van der Waals surface area (Å²) in [6.07, 6.45) is 2.69. The second-order valence-corrected chi connectivity index (χ2v) is 8.18. The summed E-state index contributed by atoms with van der Waals surface area (Å²) in [6.45, 7) is 0.490. The lowest BCUT2D eigenvalue weighted by Gasteiger charge is -2.08. The number of aromatic nitrogens is 1. The minimum absolute atomic E-state index is 0.00594. The Labute approximate surface area is 163 Å². The summed E-state index contributed by atoms with van der Waals surface area (Å²) in [6, 6.07) is 14.2. The molecule has 1 aromatic heterocycles. The average Bonchev–Trinajstić information content (AvgIpc) is 3.05. The molecule has 142 valence electrons. The number of hydrogen-bond acceptors (Lipinski definition) is 3. The highest BCUT2D eigenvalue weighted by Crippen LogP contribution is 2.20. The monoisotopic (exact) mass is 405 g/mol. The van der Waals surface area contributed by atoms with Gasteiger partial charge in [-0.15, -0.1) is 0 Å². The lowest BCUT2D eigenvalue weighted by molar-refractivity contribution is -0.120. The van der Waals surface area contributed by atoms with Gasteiger partial charge in [-0.2, -0.15) is 0 Å². The second kappa shape index (κ2) is 8.56. The number of amides is 1. The van der Waals surface area contributed by atoms with E-state index in [1.165, 1.54) is 12.1 Å². The standard InChI is InChI=1S/C19H20ClN3O3S/c20-16-6-2-4-8-18(16)27(25,26)23-12-10-19(24)21-11-9-14-13-22-17-7-3-1-5-15(14)17/h1-8,13,22-23H,9-12H2,(H,21,24). The Balaban J connectivity index is 1.44. The van der Waals surface area contributed by atoms with Gasteiger partial charge in [-0.05, 0) is 30.2 Å². The van der Waals surface area contributed by atoms with Crippen molar-refractivity contribution in [2.75, 3.05) is 13.1 Å². The molecule has 0 saturated heterocycles. The molecule has 0 radical (unpaired) electrons. The topological polar surface area (TPSA) is 91.1 Å². The molecule has 27 heavy (non-hydrogen) atoms. The van der Waals surface area contributed by atoms with Gasteiger partial charge in [-0.1, -0.05) is 41.9 Å². The molecule has 0 atom stereocenters. The number of H-pyrrole nitrogens is 1. The molecule has 0 bridgehead atoms. The summed E-state index contributed by atoms with van der Waals surface area (Å²) in [4.78, 5) is 15.1. The second-order valence-electron chi connectivity index (χ2n) is 6.04. The first-order valence-corrected chi connectivity index (χ1v) is 10.4. The number of rotatable bonds is 8. The molecule has 3 N–H and O–H groups in total. The SMILES string of the molecule is O=C(CCNS(=O)(=O)c1ccccc1Cl)NCCc1c[nH]c2ccccc12. The van der Waals surface area contributed by atoms with Crippen LogP contribution >= 0.6 is 11.6 Å². The summed E-state index contributed by atoms with van der Waals surface area (Å²) in [7, 11) is -3.73. The van der Waals surface area contributed by atoms with Gasteiger partial charge in [0.15, 0.2) is 0 Å². The van der Waals surface area contributed by atoms with Crippen LogP contribution in [0.4, 0.5) is 0 Å². The van der Waals surface area contributed by atoms with E-state index in [0.29, 0.717) is 13.0 Å². The Morgan fingerprint density at radius 2 is 1.78 bits per heavy atom. The summed E-state index contributed by atoms with van der Waals surface area (Å²) in [5, 5.41) is 4.09. The molecule has 1 heterocycles. The van der Waals surface area contributed by atoms with E-state index in [-0.39, 0.29) is 28.8 Å². The van der Waals surface area contributed by atoms with Crippen LogP contribution < -0.4 is 10.0 Å². The normalized spacial score (nSPS) is 11.6. The average molecular weight is 406 g/mol. The van der Waals surface area contributed by atoms with Crippen LogP contribution in [-0.2, 0) is 21.2 Å². The van der Waals surface area contributed by atoms with Crippen molar-refractivity contribution in [1.29, 1.82) is 0 Å². The van der Waals surface area contributed by atoms with Gasteiger partial charge in [0.05, 0.1) is 5.02 Å². The molecule has 3 aromatic rings. The highest BCUT2D eigenvalue weighted by molar-refractivity contribution is 7.89. The molecule has 3 rings (SSSR count).